The van der Waals surface area contributed by atoms with E-state index in [2.05, 4.69) is 6.92 Å². The Balaban J connectivity index is 3.22. The van der Waals surface area contributed by atoms with E-state index in [0.29, 0.717) is 19.1 Å². The molecule has 0 spiro atoms. The molecule has 0 aromatic rings. The molecule has 0 aromatic heterocycles. The average Bonchev–Trinajstić information content (AvgIpc) is 2.01. The molecule has 1 unspecified atom stereocenters. The standard InChI is InChI=1S/C8H18O3P/c1-4-5-6-10-12(9)11-7-8(2)3/h8H,4-7H2,1-3H3/q+1. The fourth-order valence-corrected chi connectivity index (χ4v) is 1.30. The zero-order valence-corrected chi connectivity index (χ0v) is 8.97. The normalized spacial score (nSPS) is 12.2. The van der Waals surface area contributed by atoms with E-state index in [4.69, 9.17) is 9.05 Å². The Morgan fingerprint density at radius 1 is 1.33 bits per heavy atom. The molecular formula is C8H18O3P+. The van der Waals surface area contributed by atoms with Gasteiger partial charge in [0.25, 0.3) is 0 Å². The van der Waals surface area contributed by atoms with Crippen molar-refractivity contribution in [2.45, 2.75) is 33.6 Å². The summed E-state index contributed by atoms with van der Waals surface area (Å²) < 4.78 is 20.8. The van der Waals surface area contributed by atoms with E-state index in [9.17, 15) is 4.57 Å². The van der Waals surface area contributed by atoms with E-state index in [1.54, 1.807) is 0 Å². The summed E-state index contributed by atoms with van der Waals surface area (Å²) in [4.78, 5) is 0. The molecule has 0 rings (SSSR count). The Hall–Kier alpha value is 0.0200. The zero-order chi connectivity index (χ0) is 9.40. The SMILES string of the molecule is CCCCO[P+](=O)OCC(C)C. The largest absolute Gasteiger partial charge is 0.697 e. The second-order valence-corrected chi connectivity index (χ2v) is 4.06. The van der Waals surface area contributed by atoms with Crippen molar-refractivity contribution < 1.29 is 13.6 Å². The molecule has 0 amide bonds. The van der Waals surface area contributed by atoms with E-state index < -0.39 is 8.25 Å². The first-order valence-electron chi connectivity index (χ1n) is 4.40. The minimum absolute atomic E-state index is 0.402. The minimum atomic E-state index is -1.87. The molecule has 1 atom stereocenters. The van der Waals surface area contributed by atoms with Crippen LogP contribution in [0.25, 0.3) is 0 Å². The van der Waals surface area contributed by atoms with Crippen LogP contribution >= 0.6 is 8.25 Å². The van der Waals surface area contributed by atoms with E-state index in [1.165, 1.54) is 0 Å². The predicted octanol–water partition coefficient (Wildman–Crippen LogP) is 3.13. The van der Waals surface area contributed by atoms with Gasteiger partial charge in [0.1, 0.15) is 13.2 Å². The molecule has 0 aliphatic heterocycles. The Labute approximate surface area is 75.4 Å². The van der Waals surface area contributed by atoms with Gasteiger partial charge >= 0.3 is 8.25 Å². The maximum absolute atomic E-state index is 10.9. The van der Waals surface area contributed by atoms with Gasteiger partial charge in [-0.1, -0.05) is 27.2 Å². The minimum Gasteiger partial charge on any atom is -0.119 e. The van der Waals surface area contributed by atoms with E-state index in [0.717, 1.165) is 12.8 Å². The summed E-state index contributed by atoms with van der Waals surface area (Å²) in [7, 11) is -1.87. The van der Waals surface area contributed by atoms with Crippen LogP contribution in [0, 0.1) is 5.92 Å². The highest BCUT2D eigenvalue weighted by molar-refractivity contribution is 7.33. The Bertz CT molecular complexity index is 125. The van der Waals surface area contributed by atoms with E-state index in [1.807, 2.05) is 13.8 Å². The van der Waals surface area contributed by atoms with Crippen molar-refractivity contribution in [3.63, 3.8) is 0 Å². The third-order valence-corrected chi connectivity index (χ3v) is 1.96. The smallest absolute Gasteiger partial charge is 0.119 e. The lowest BCUT2D eigenvalue weighted by atomic mass is 10.2. The monoisotopic (exact) mass is 193 g/mol. The Morgan fingerprint density at radius 3 is 2.50 bits per heavy atom. The second-order valence-electron chi connectivity index (χ2n) is 3.10. The molecule has 0 aliphatic carbocycles. The average molecular weight is 193 g/mol. The van der Waals surface area contributed by atoms with Crippen LogP contribution in [0.1, 0.15) is 33.6 Å². The van der Waals surface area contributed by atoms with Gasteiger partial charge in [-0.25, -0.2) is 0 Å². The molecule has 3 nitrogen and oxygen atoms in total. The van der Waals surface area contributed by atoms with E-state index >= 15 is 0 Å². The molecule has 0 saturated heterocycles. The molecule has 0 saturated carbocycles. The summed E-state index contributed by atoms with van der Waals surface area (Å²) in [6, 6.07) is 0. The van der Waals surface area contributed by atoms with Gasteiger partial charge in [0, 0.05) is 4.57 Å². The summed E-state index contributed by atoms with van der Waals surface area (Å²) in [6.07, 6.45) is 1.99. The molecule has 0 aliphatic rings. The van der Waals surface area contributed by atoms with Crippen molar-refractivity contribution in [3.05, 3.63) is 0 Å². The van der Waals surface area contributed by atoms with Gasteiger partial charge in [-0.15, -0.1) is 9.05 Å². The van der Waals surface area contributed by atoms with Crippen LogP contribution in [0.5, 0.6) is 0 Å². The van der Waals surface area contributed by atoms with Gasteiger partial charge in [-0.05, 0) is 12.3 Å². The van der Waals surface area contributed by atoms with Gasteiger partial charge in [-0.3, -0.25) is 0 Å². The Kier molecular flexibility index (Phi) is 7.67. The molecule has 0 aromatic carbocycles. The van der Waals surface area contributed by atoms with Crippen molar-refractivity contribution in [3.8, 4) is 0 Å². The summed E-state index contributed by atoms with van der Waals surface area (Å²) >= 11 is 0. The first-order valence-corrected chi connectivity index (χ1v) is 5.49. The molecule has 72 valence electrons. The van der Waals surface area contributed by atoms with Crippen LogP contribution in [-0.4, -0.2) is 13.2 Å². The molecule has 0 fully saturated rings. The molecule has 0 N–H and O–H groups in total. The van der Waals surface area contributed by atoms with Crippen LogP contribution < -0.4 is 0 Å². The Morgan fingerprint density at radius 2 is 2.00 bits per heavy atom. The van der Waals surface area contributed by atoms with Gasteiger partial charge in [-0.2, -0.15) is 0 Å². The lowest BCUT2D eigenvalue weighted by molar-refractivity contribution is 0.205. The maximum atomic E-state index is 10.9. The molecular weight excluding hydrogens is 175 g/mol. The van der Waals surface area contributed by atoms with Gasteiger partial charge in [0.15, 0.2) is 0 Å². The quantitative estimate of drug-likeness (QED) is 0.460. The zero-order valence-electron chi connectivity index (χ0n) is 8.08. The van der Waals surface area contributed by atoms with Crippen LogP contribution in [0.2, 0.25) is 0 Å². The number of hydrogen-bond donors (Lipinski definition) is 0. The molecule has 0 bridgehead atoms. The topological polar surface area (TPSA) is 35.5 Å². The first-order chi connectivity index (χ1) is 5.66. The van der Waals surface area contributed by atoms with E-state index in [-0.39, 0.29) is 0 Å². The summed E-state index contributed by atoms with van der Waals surface area (Å²) in [5.74, 6) is 0.402. The van der Waals surface area contributed by atoms with Gasteiger partial charge in [0.05, 0.1) is 0 Å². The fourth-order valence-electron chi connectivity index (χ4n) is 0.531. The van der Waals surface area contributed by atoms with Crippen LogP contribution in [0.3, 0.4) is 0 Å². The maximum Gasteiger partial charge on any atom is 0.697 e. The van der Waals surface area contributed by atoms with Gasteiger partial charge < -0.3 is 0 Å². The van der Waals surface area contributed by atoms with Crippen molar-refractivity contribution >= 4 is 8.25 Å². The molecule has 12 heavy (non-hydrogen) atoms. The van der Waals surface area contributed by atoms with Crippen LogP contribution in [0.4, 0.5) is 0 Å². The highest BCUT2D eigenvalue weighted by atomic mass is 31.1. The van der Waals surface area contributed by atoms with Crippen molar-refractivity contribution in [2.24, 2.45) is 5.92 Å². The lowest BCUT2D eigenvalue weighted by Crippen LogP contribution is -1.97. The summed E-state index contributed by atoms with van der Waals surface area (Å²) in [6.45, 7) is 7.11. The number of hydrogen-bond acceptors (Lipinski definition) is 3. The first kappa shape index (κ1) is 12.0. The van der Waals surface area contributed by atoms with Crippen molar-refractivity contribution in [1.82, 2.24) is 0 Å². The highest BCUT2D eigenvalue weighted by Gasteiger charge is 2.19. The summed E-state index contributed by atoms with van der Waals surface area (Å²) in [5, 5.41) is 0. The molecule has 4 heteroatoms. The van der Waals surface area contributed by atoms with Gasteiger partial charge in [0.2, 0.25) is 0 Å². The van der Waals surface area contributed by atoms with Crippen molar-refractivity contribution in [2.75, 3.05) is 13.2 Å². The third-order valence-electron chi connectivity index (χ3n) is 1.21. The van der Waals surface area contributed by atoms with Crippen LogP contribution in [-0.2, 0) is 13.6 Å². The highest BCUT2D eigenvalue weighted by Crippen LogP contribution is 2.24. The second kappa shape index (κ2) is 7.66. The summed E-state index contributed by atoms with van der Waals surface area (Å²) in [5.41, 5.74) is 0. The number of rotatable bonds is 7. The third kappa shape index (κ3) is 8.12. The lowest BCUT2D eigenvalue weighted by Gasteiger charge is -1.95. The molecule has 0 heterocycles. The predicted molar refractivity (Wildman–Crippen MR) is 49.3 cm³/mol. The molecule has 0 radical (unpaired) electrons. The fraction of sp³-hybridized carbons (Fsp3) is 1.00. The van der Waals surface area contributed by atoms with Crippen molar-refractivity contribution in [1.29, 1.82) is 0 Å². The van der Waals surface area contributed by atoms with Crippen LogP contribution in [0.15, 0.2) is 0 Å². The number of unbranched alkanes of at least 4 members (excludes halogenated alkanes) is 1.